The number of hydrogen-bond donors (Lipinski definition) is 0. The summed E-state index contributed by atoms with van der Waals surface area (Å²) in [4.78, 5) is 10.6. The average molecular weight is 301 g/mol. The van der Waals surface area contributed by atoms with Crippen LogP contribution in [0.3, 0.4) is 0 Å². The number of carbonyl (C=O) groups excluding carboxylic acids is 1. The molecule has 0 spiro atoms. The molecule has 0 aliphatic carbocycles. The number of furan rings is 1. The average Bonchev–Trinajstić information content (AvgIpc) is 2.73. The molecule has 112 valence electrons. The van der Waals surface area contributed by atoms with Gasteiger partial charge in [0.05, 0.1) is 11.2 Å². The van der Waals surface area contributed by atoms with Crippen molar-refractivity contribution in [3.8, 4) is 0 Å². The van der Waals surface area contributed by atoms with Gasteiger partial charge >= 0.3 is 0 Å². The van der Waals surface area contributed by atoms with Gasteiger partial charge in [0.1, 0.15) is 0 Å². The Labute approximate surface area is 118 Å². The van der Waals surface area contributed by atoms with Crippen molar-refractivity contribution in [3.05, 3.63) is 17.9 Å². The monoisotopic (exact) mass is 301 g/mol. The number of hydrogen-bond acceptors (Lipinski definition) is 5. The smallest absolute Gasteiger partial charge is 0.276 e. The highest BCUT2D eigenvalue weighted by Gasteiger charge is 2.43. The summed E-state index contributed by atoms with van der Waals surface area (Å²) in [7, 11) is -3.77. The van der Waals surface area contributed by atoms with Crippen LogP contribution in [0.1, 0.15) is 38.2 Å². The molecule has 0 unspecified atom stereocenters. The second kappa shape index (κ2) is 4.68. The van der Waals surface area contributed by atoms with Crippen LogP contribution >= 0.6 is 0 Å². The molecular weight excluding hydrogens is 282 g/mol. The van der Waals surface area contributed by atoms with Crippen LogP contribution in [0.25, 0.3) is 0 Å². The second-order valence-corrected chi connectivity index (χ2v) is 8.04. The molecule has 1 aromatic rings. The number of ether oxygens (including phenoxy) is 1. The summed E-state index contributed by atoms with van der Waals surface area (Å²) in [6, 6.07) is 2.64. The third-order valence-electron chi connectivity index (χ3n) is 2.98. The van der Waals surface area contributed by atoms with Crippen molar-refractivity contribution in [1.82, 2.24) is 4.31 Å². The molecule has 0 amide bonds. The van der Waals surface area contributed by atoms with Crippen LogP contribution < -0.4 is 0 Å². The molecule has 2 heterocycles. The third-order valence-corrected chi connectivity index (χ3v) is 4.65. The van der Waals surface area contributed by atoms with E-state index in [4.69, 9.17) is 9.15 Å². The van der Waals surface area contributed by atoms with Crippen molar-refractivity contribution in [3.63, 3.8) is 0 Å². The molecule has 0 aromatic carbocycles. The van der Waals surface area contributed by atoms with E-state index in [1.807, 2.05) is 27.7 Å². The van der Waals surface area contributed by atoms with E-state index in [0.29, 0.717) is 6.29 Å². The topological polar surface area (TPSA) is 76.8 Å². The normalized spacial score (nSPS) is 22.6. The summed E-state index contributed by atoms with van der Waals surface area (Å²) in [5, 5.41) is -0.215. The number of sulfonamides is 1. The van der Waals surface area contributed by atoms with Crippen LogP contribution in [0.15, 0.2) is 21.6 Å². The Morgan fingerprint density at radius 3 is 2.15 bits per heavy atom. The Hall–Kier alpha value is -1.18. The maximum atomic E-state index is 12.6. The molecule has 0 atom stereocenters. The van der Waals surface area contributed by atoms with Crippen LogP contribution in [-0.2, 0) is 14.8 Å². The van der Waals surface area contributed by atoms with E-state index in [9.17, 15) is 13.2 Å². The van der Waals surface area contributed by atoms with E-state index >= 15 is 0 Å². The van der Waals surface area contributed by atoms with Gasteiger partial charge in [0.25, 0.3) is 10.0 Å². The van der Waals surface area contributed by atoms with Gasteiger partial charge in [0, 0.05) is 13.1 Å². The molecular formula is C13H19NO5S. The summed E-state index contributed by atoms with van der Waals surface area (Å²) in [6.07, 6.45) is 0.478. The van der Waals surface area contributed by atoms with Crippen LogP contribution in [0, 0.1) is 0 Å². The van der Waals surface area contributed by atoms with Gasteiger partial charge in [0.15, 0.2) is 12.0 Å². The maximum absolute atomic E-state index is 12.6. The van der Waals surface area contributed by atoms with Crippen LogP contribution in [-0.4, -0.2) is 43.3 Å². The minimum absolute atomic E-state index is 0.00430. The van der Waals surface area contributed by atoms with Gasteiger partial charge in [-0.05, 0) is 39.8 Å². The molecule has 1 fully saturated rings. The summed E-state index contributed by atoms with van der Waals surface area (Å²) in [6.45, 7) is 7.83. The van der Waals surface area contributed by atoms with Gasteiger partial charge in [-0.25, -0.2) is 8.42 Å². The molecule has 0 radical (unpaired) electrons. The molecule has 1 aromatic heterocycles. The van der Waals surface area contributed by atoms with E-state index in [0.717, 1.165) is 0 Å². The Morgan fingerprint density at radius 1 is 1.15 bits per heavy atom. The zero-order chi connectivity index (χ0) is 15.2. The first-order valence-corrected chi connectivity index (χ1v) is 7.75. The zero-order valence-electron chi connectivity index (χ0n) is 12.0. The minimum atomic E-state index is -3.77. The summed E-state index contributed by atoms with van der Waals surface area (Å²) in [5.41, 5.74) is -1.18. The van der Waals surface area contributed by atoms with Crippen molar-refractivity contribution in [2.24, 2.45) is 0 Å². The lowest BCUT2D eigenvalue weighted by Gasteiger charge is -2.46. The summed E-state index contributed by atoms with van der Waals surface area (Å²) >= 11 is 0. The van der Waals surface area contributed by atoms with Crippen LogP contribution in [0.5, 0.6) is 0 Å². The number of rotatable bonds is 3. The van der Waals surface area contributed by atoms with E-state index in [1.165, 1.54) is 16.4 Å². The molecule has 7 heteroatoms. The first-order valence-electron chi connectivity index (χ1n) is 6.31. The Balaban J connectivity index is 2.36. The van der Waals surface area contributed by atoms with Crippen molar-refractivity contribution >= 4 is 16.3 Å². The lowest BCUT2D eigenvalue weighted by Crippen LogP contribution is -2.58. The Morgan fingerprint density at radius 2 is 1.70 bits per heavy atom. The van der Waals surface area contributed by atoms with E-state index in [1.54, 1.807) is 0 Å². The molecule has 2 rings (SSSR count). The Kier molecular flexibility index (Phi) is 3.56. The van der Waals surface area contributed by atoms with Gasteiger partial charge in [-0.3, -0.25) is 4.79 Å². The SMILES string of the molecule is CC1(C)CN(S(=O)(=O)c2ccc(C=O)o2)CC(C)(C)O1. The van der Waals surface area contributed by atoms with Crippen molar-refractivity contribution in [2.75, 3.05) is 13.1 Å². The first-order chi connectivity index (χ1) is 9.06. The van der Waals surface area contributed by atoms with Crippen LogP contribution in [0.2, 0.25) is 0 Å². The molecule has 1 aliphatic rings. The van der Waals surface area contributed by atoms with Gasteiger partial charge < -0.3 is 9.15 Å². The van der Waals surface area contributed by atoms with E-state index < -0.39 is 21.2 Å². The fraction of sp³-hybridized carbons (Fsp3) is 0.615. The predicted octanol–water partition coefficient (Wildman–Crippen LogP) is 1.67. The summed E-state index contributed by atoms with van der Waals surface area (Å²) in [5.74, 6) is -0.00430. The molecule has 0 saturated carbocycles. The standard InChI is InChI=1S/C13H19NO5S/c1-12(2)8-14(9-13(3,4)19-12)20(16,17)11-6-5-10(7-15)18-11/h5-7H,8-9H2,1-4H3. The number of nitrogens with zero attached hydrogens (tertiary/aromatic N) is 1. The number of aldehydes is 1. The number of morpholine rings is 1. The highest BCUT2D eigenvalue weighted by molar-refractivity contribution is 7.89. The van der Waals surface area contributed by atoms with Crippen molar-refractivity contribution in [1.29, 1.82) is 0 Å². The lowest BCUT2D eigenvalue weighted by atomic mass is 10.0. The highest BCUT2D eigenvalue weighted by Crippen LogP contribution is 2.31. The third kappa shape index (κ3) is 2.94. The number of carbonyl (C=O) groups is 1. The highest BCUT2D eigenvalue weighted by atomic mass is 32.2. The molecule has 1 saturated heterocycles. The fourth-order valence-electron chi connectivity index (χ4n) is 2.55. The second-order valence-electron chi connectivity index (χ2n) is 6.17. The quantitative estimate of drug-likeness (QED) is 0.794. The lowest BCUT2D eigenvalue weighted by molar-refractivity contribution is -0.164. The summed E-state index contributed by atoms with van der Waals surface area (Å²) < 4.78 is 37.3. The van der Waals surface area contributed by atoms with E-state index in [-0.39, 0.29) is 23.9 Å². The molecule has 0 bridgehead atoms. The predicted molar refractivity (Wildman–Crippen MR) is 72.1 cm³/mol. The van der Waals surface area contributed by atoms with E-state index in [2.05, 4.69) is 0 Å². The Bertz CT molecular complexity index is 598. The minimum Gasteiger partial charge on any atom is -0.440 e. The largest absolute Gasteiger partial charge is 0.440 e. The van der Waals surface area contributed by atoms with Gasteiger partial charge in [-0.2, -0.15) is 4.31 Å². The van der Waals surface area contributed by atoms with Gasteiger partial charge in [0.2, 0.25) is 5.09 Å². The molecule has 6 nitrogen and oxygen atoms in total. The molecule has 0 N–H and O–H groups in total. The first kappa shape index (κ1) is 15.2. The maximum Gasteiger partial charge on any atom is 0.276 e. The fourth-order valence-corrected chi connectivity index (χ4v) is 4.21. The molecule has 20 heavy (non-hydrogen) atoms. The zero-order valence-corrected chi connectivity index (χ0v) is 12.9. The van der Waals surface area contributed by atoms with Gasteiger partial charge in [-0.1, -0.05) is 0 Å². The van der Waals surface area contributed by atoms with Crippen LogP contribution in [0.4, 0.5) is 0 Å². The van der Waals surface area contributed by atoms with Gasteiger partial charge in [-0.15, -0.1) is 0 Å². The molecule has 1 aliphatic heterocycles. The van der Waals surface area contributed by atoms with Crippen molar-refractivity contribution in [2.45, 2.75) is 44.0 Å². The van der Waals surface area contributed by atoms with Crippen molar-refractivity contribution < 1.29 is 22.4 Å².